The number of hydrogen-bond acceptors (Lipinski definition) is 7. The van der Waals surface area contributed by atoms with Crippen molar-refractivity contribution >= 4 is 29.4 Å². The van der Waals surface area contributed by atoms with Crippen molar-refractivity contribution in [1.82, 2.24) is 15.6 Å². The molecule has 2 heterocycles. The van der Waals surface area contributed by atoms with Gasteiger partial charge in [0, 0.05) is 18.7 Å². The third kappa shape index (κ3) is 8.77. The third-order valence-electron chi connectivity index (χ3n) is 4.96. The zero-order chi connectivity index (χ0) is 25.4. The molecule has 0 saturated carbocycles. The molecule has 2 atom stereocenters. The lowest BCUT2D eigenvalue weighted by Crippen LogP contribution is -2.50. The SMILES string of the molecule is CC(C)(C)OC(=O)NC[C@@H](O)[C@@H]1Cc2cccc(c2)OCC=CCNc2cc(cc(Cl)n2)C(=O)N1. The van der Waals surface area contributed by atoms with Crippen LogP contribution in [0.5, 0.6) is 5.75 Å². The Balaban J connectivity index is 1.84. The molecule has 0 aliphatic carbocycles. The van der Waals surface area contributed by atoms with Crippen LogP contribution in [0, 0.1) is 0 Å². The van der Waals surface area contributed by atoms with Crippen molar-refractivity contribution in [2.45, 2.75) is 44.9 Å². The predicted octanol–water partition coefficient (Wildman–Crippen LogP) is 3.32. The monoisotopic (exact) mass is 502 g/mol. The zero-order valence-corrected chi connectivity index (χ0v) is 20.8. The van der Waals surface area contributed by atoms with Crippen molar-refractivity contribution in [2.24, 2.45) is 0 Å². The van der Waals surface area contributed by atoms with Gasteiger partial charge in [0.2, 0.25) is 0 Å². The standard InChI is InChI=1S/C25H31ClN4O5/c1-25(2,3)35-24(33)28-15-20(31)19-12-16-7-6-8-18(11-16)34-10-5-4-9-27-22-14-17(23(32)29-19)13-21(26)30-22/h4-8,11,13-14,19-20,31H,9-10,12,15H2,1-3H3,(H,27,30)(H,28,33)(H,29,32)/t19-,20+/m0/s1. The maximum atomic E-state index is 13.1. The number of carbonyl (C=O) groups is 2. The molecule has 9 nitrogen and oxygen atoms in total. The molecule has 0 fully saturated rings. The Morgan fingerprint density at radius 1 is 1.31 bits per heavy atom. The number of hydrogen-bond donors (Lipinski definition) is 4. The second kappa shape index (κ2) is 11.9. The number of aromatic nitrogens is 1. The largest absolute Gasteiger partial charge is 0.490 e. The van der Waals surface area contributed by atoms with Gasteiger partial charge in [0.05, 0.1) is 12.1 Å². The van der Waals surface area contributed by atoms with Gasteiger partial charge in [0.1, 0.15) is 28.9 Å². The van der Waals surface area contributed by atoms with Crippen molar-refractivity contribution in [3.8, 4) is 5.75 Å². The van der Waals surface area contributed by atoms with Crippen molar-refractivity contribution in [2.75, 3.05) is 25.0 Å². The van der Waals surface area contributed by atoms with Crippen LogP contribution in [-0.2, 0) is 11.2 Å². The number of aliphatic hydroxyl groups is 1. The lowest BCUT2D eigenvalue weighted by Gasteiger charge is -2.26. The highest BCUT2D eigenvalue weighted by Gasteiger charge is 2.25. The van der Waals surface area contributed by atoms with Crippen LogP contribution in [0.1, 0.15) is 36.7 Å². The highest BCUT2D eigenvalue weighted by Crippen LogP contribution is 2.18. The van der Waals surface area contributed by atoms with Gasteiger partial charge in [-0.1, -0.05) is 29.8 Å². The first kappa shape index (κ1) is 26.3. The number of rotatable bonds is 3. The molecule has 2 aromatic rings. The molecule has 0 spiro atoms. The van der Waals surface area contributed by atoms with Gasteiger partial charge in [-0.05, 0) is 63.1 Å². The maximum Gasteiger partial charge on any atom is 0.407 e. The van der Waals surface area contributed by atoms with Crippen LogP contribution < -0.4 is 20.7 Å². The van der Waals surface area contributed by atoms with Gasteiger partial charge in [0.25, 0.3) is 5.91 Å². The van der Waals surface area contributed by atoms with E-state index in [-0.39, 0.29) is 17.3 Å². The quantitative estimate of drug-likeness (QED) is 0.375. The zero-order valence-electron chi connectivity index (χ0n) is 20.0. The van der Waals surface area contributed by atoms with Crippen molar-refractivity contribution < 1.29 is 24.2 Å². The first-order chi connectivity index (χ1) is 16.6. The van der Waals surface area contributed by atoms with Gasteiger partial charge >= 0.3 is 6.09 Å². The summed E-state index contributed by atoms with van der Waals surface area (Å²) < 4.78 is 11.0. The summed E-state index contributed by atoms with van der Waals surface area (Å²) in [5, 5.41) is 19.6. The summed E-state index contributed by atoms with van der Waals surface area (Å²) in [6, 6.07) is 9.72. The minimum absolute atomic E-state index is 0.120. The van der Waals surface area contributed by atoms with Crippen molar-refractivity contribution in [3.05, 3.63) is 64.8 Å². The Kier molecular flexibility index (Phi) is 8.95. The average molecular weight is 503 g/mol. The van der Waals surface area contributed by atoms with Crippen LogP contribution in [-0.4, -0.2) is 59.5 Å². The van der Waals surface area contributed by atoms with E-state index in [1.54, 1.807) is 26.8 Å². The van der Waals surface area contributed by atoms with E-state index in [1.807, 2.05) is 36.4 Å². The summed E-state index contributed by atoms with van der Waals surface area (Å²) in [6.07, 6.45) is 2.30. The molecule has 4 bridgehead atoms. The smallest absolute Gasteiger partial charge is 0.407 e. The Morgan fingerprint density at radius 2 is 2.11 bits per heavy atom. The normalized spacial score (nSPS) is 17.4. The number of nitrogens with one attached hydrogen (secondary N) is 3. The van der Waals surface area contributed by atoms with E-state index in [4.69, 9.17) is 21.1 Å². The summed E-state index contributed by atoms with van der Waals surface area (Å²) in [7, 11) is 0. The number of pyridine rings is 1. The molecule has 0 saturated heterocycles. The molecular formula is C25H31ClN4O5. The van der Waals surface area contributed by atoms with Crippen LogP contribution in [0.4, 0.5) is 10.6 Å². The Morgan fingerprint density at radius 3 is 2.89 bits per heavy atom. The Bertz CT molecular complexity index is 1070. The van der Waals surface area contributed by atoms with Gasteiger partial charge in [-0.3, -0.25) is 4.79 Å². The number of carbonyl (C=O) groups excluding carboxylic acids is 2. The fraction of sp³-hybridized carbons (Fsp3) is 0.400. The van der Waals surface area contributed by atoms with E-state index < -0.39 is 29.7 Å². The second-order valence-corrected chi connectivity index (χ2v) is 9.50. The van der Waals surface area contributed by atoms with Gasteiger partial charge < -0.3 is 30.5 Å². The molecule has 10 heteroatoms. The fourth-order valence-corrected chi connectivity index (χ4v) is 3.58. The summed E-state index contributed by atoms with van der Waals surface area (Å²) in [5.74, 6) is 0.667. The Hall–Kier alpha value is -3.30. The summed E-state index contributed by atoms with van der Waals surface area (Å²) >= 11 is 6.13. The van der Waals surface area contributed by atoms with E-state index in [0.29, 0.717) is 31.1 Å². The summed E-state index contributed by atoms with van der Waals surface area (Å²) in [5.41, 5.74) is 0.459. The fourth-order valence-electron chi connectivity index (χ4n) is 3.37. The Labute approximate surface area is 209 Å². The highest BCUT2D eigenvalue weighted by molar-refractivity contribution is 6.29. The van der Waals surface area contributed by atoms with Gasteiger partial charge in [0.15, 0.2) is 0 Å². The van der Waals surface area contributed by atoms with Crippen LogP contribution in [0.2, 0.25) is 5.15 Å². The van der Waals surface area contributed by atoms with Crippen LogP contribution in [0.15, 0.2) is 48.6 Å². The molecule has 35 heavy (non-hydrogen) atoms. The lowest BCUT2D eigenvalue weighted by molar-refractivity contribution is 0.0470. The van der Waals surface area contributed by atoms with Gasteiger partial charge in [-0.15, -0.1) is 0 Å². The third-order valence-corrected chi connectivity index (χ3v) is 5.15. The topological polar surface area (TPSA) is 122 Å². The number of benzene rings is 1. The van der Waals surface area contributed by atoms with Crippen molar-refractivity contribution in [1.29, 1.82) is 0 Å². The number of alkyl carbamates (subject to hydrolysis) is 1. The van der Waals surface area contributed by atoms with Crippen molar-refractivity contribution in [3.63, 3.8) is 0 Å². The van der Waals surface area contributed by atoms with E-state index in [2.05, 4.69) is 20.9 Å². The van der Waals surface area contributed by atoms with Gasteiger partial charge in [-0.25, -0.2) is 9.78 Å². The molecule has 2 amide bonds. The number of anilines is 1. The average Bonchev–Trinajstić information content (AvgIpc) is 2.77. The molecule has 188 valence electrons. The first-order valence-corrected chi connectivity index (χ1v) is 11.7. The number of aliphatic hydroxyl groups excluding tert-OH is 1. The van der Waals surface area contributed by atoms with E-state index in [1.165, 1.54) is 6.07 Å². The summed E-state index contributed by atoms with van der Waals surface area (Å²) in [4.78, 5) is 29.4. The molecule has 1 aromatic carbocycles. The van der Waals surface area contributed by atoms with Crippen LogP contribution >= 0.6 is 11.6 Å². The lowest BCUT2D eigenvalue weighted by atomic mass is 10.00. The molecular weight excluding hydrogens is 472 g/mol. The van der Waals surface area contributed by atoms with Gasteiger partial charge in [-0.2, -0.15) is 0 Å². The molecule has 4 N–H and O–H groups in total. The molecule has 0 unspecified atom stereocenters. The van der Waals surface area contributed by atoms with E-state index in [0.717, 1.165) is 5.56 Å². The number of fused-ring (bicyclic) bond motifs is 4. The number of ether oxygens (including phenoxy) is 2. The number of amides is 2. The number of halogens is 1. The first-order valence-electron chi connectivity index (χ1n) is 11.3. The minimum Gasteiger partial charge on any atom is -0.490 e. The van der Waals surface area contributed by atoms with E-state index >= 15 is 0 Å². The van der Waals surface area contributed by atoms with E-state index in [9.17, 15) is 14.7 Å². The maximum absolute atomic E-state index is 13.1. The minimum atomic E-state index is -1.10. The summed E-state index contributed by atoms with van der Waals surface area (Å²) in [6.45, 7) is 5.97. The molecule has 1 aliphatic rings. The molecule has 1 aliphatic heterocycles. The molecule has 0 radical (unpaired) electrons. The van der Waals surface area contributed by atoms with Crippen LogP contribution in [0.3, 0.4) is 0 Å². The number of nitrogens with zero attached hydrogens (tertiary/aromatic N) is 1. The highest BCUT2D eigenvalue weighted by atomic mass is 35.5. The molecule has 3 rings (SSSR count). The molecule has 1 aromatic heterocycles. The second-order valence-electron chi connectivity index (χ2n) is 9.11. The van der Waals surface area contributed by atoms with Crippen LogP contribution in [0.25, 0.3) is 0 Å². The predicted molar refractivity (Wildman–Crippen MR) is 134 cm³/mol.